The van der Waals surface area contributed by atoms with Crippen molar-refractivity contribution in [1.82, 2.24) is 4.57 Å². The summed E-state index contributed by atoms with van der Waals surface area (Å²) in [6.07, 6.45) is 6.86. The van der Waals surface area contributed by atoms with E-state index in [2.05, 4.69) is 278 Å². The first kappa shape index (κ1) is 45.2. The van der Waals surface area contributed by atoms with Crippen molar-refractivity contribution in [3.63, 3.8) is 0 Å². The number of hydrogen-bond acceptors (Lipinski definition) is 1. The number of aromatic nitrogens is 1. The molecule has 0 amide bonds. The van der Waals surface area contributed by atoms with Crippen molar-refractivity contribution in [3.8, 4) is 61.3 Å². The molecular weight excluding hydrogens is 983 g/mol. The highest BCUT2D eigenvalue weighted by Crippen LogP contribution is 2.45. The van der Waals surface area contributed by atoms with Crippen LogP contribution in [-0.4, -0.2) is 4.57 Å². The van der Waals surface area contributed by atoms with Gasteiger partial charge in [0.2, 0.25) is 0 Å². The average molecular weight is 1030 g/mol. The van der Waals surface area contributed by atoms with E-state index < -0.39 is 0 Å². The minimum absolute atomic E-state index is 1.08. The van der Waals surface area contributed by atoms with E-state index in [4.69, 9.17) is 0 Å². The Kier molecular flexibility index (Phi) is 10.1. The Morgan fingerprint density at radius 1 is 0.287 bits per heavy atom. The molecule has 14 aromatic carbocycles. The van der Waals surface area contributed by atoms with Gasteiger partial charge in [-0.25, -0.2) is 0 Å². The molecule has 0 N–H and O–H groups in total. The lowest BCUT2D eigenvalue weighted by molar-refractivity contribution is 1.00. The van der Waals surface area contributed by atoms with Crippen LogP contribution in [-0.2, 0) is 6.42 Å². The van der Waals surface area contributed by atoms with E-state index in [0.29, 0.717) is 0 Å². The highest BCUT2D eigenvalue weighted by Gasteiger charge is 2.19. The van der Waals surface area contributed by atoms with E-state index in [1.165, 1.54) is 163 Å². The molecule has 0 fully saturated rings. The molecule has 0 bridgehead atoms. The summed E-state index contributed by atoms with van der Waals surface area (Å²) >= 11 is 1.89. The van der Waals surface area contributed by atoms with Gasteiger partial charge in [0.15, 0.2) is 0 Å². The maximum atomic E-state index is 2.47. The third-order valence-corrected chi connectivity index (χ3v) is 18.6. The van der Waals surface area contributed by atoms with Crippen molar-refractivity contribution in [2.24, 2.45) is 0 Å². The van der Waals surface area contributed by atoms with E-state index in [1.54, 1.807) is 0 Å². The summed E-state index contributed by atoms with van der Waals surface area (Å²) in [5.41, 5.74) is 18.5. The lowest BCUT2D eigenvalue weighted by atomic mass is 9.86. The molecule has 1 nitrogen and oxygen atoms in total. The first-order valence-electron chi connectivity index (χ1n) is 27.9. The summed E-state index contributed by atoms with van der Waals surface area (Å²) in [7, 11) is 0. The van der Waals surface area contributed by atoms with Crippen molar-refractivity contribution >= 4 is 113 Å². The molecule has 372 valence electrons. The van der Waals surface area contributed by atoms with Crippen LogP contribution >= 0.6 is 11.3 Å². The Bertz CT molecular complexity index is 5320. The highest BCUT2D eigenvalue weighted by molar-refractivity contribution is 7.26. The molecule has 0 radical (unpaired) electrons. The van der Waals surface area contributed by atoms with E-state index >= 15 is 0 Å². The quantitative estimate of drug-likeness (QED) is 0.146. The number of benzene rings is 14. The second-order valence-electron chi connectivity index (χ2n) is 21.8. The van der Waals surface area contributed by atoms with Crippen LogP contribution in [0, 0.1) is 0 Å². The number of fused-ring (bicyclic) bond motifs is 18. The molecule has 80 heavy (non-hydrogen) atoms. The van der Waals surface area contributed by atoms with E-state index in [-0.39, 0.29) is 0 Å². The number of aryl methyl sites for hydroxylation is 1. The average Bonchev–Trinajstić information content (AvgIpc) is 4.25. The zero-order chi connectivity index (χ0) is 52.4. The Labute approximate surface area is 467 Å². The van der Waals surface area contributed by atoms with E-state index in [9.17, 15) is 0 Å². The molecule has 0 saturated carbocycles. The molecule has 2 heterocycles. The molecule has 17 rings (SSSR count). The van der Waals surface area contributed by atoms with Gasteiger partial charge in [0.25, 0.3) is 0 Å². The fourth-order valence-corrected chi connectivity index (χ4v) is 14.9. The zero-order valence-electron chi connectivity index (χ0n) is 43.8. The number of thiophene rings is 1. The summed E-state index contributed by atoms with van der Waals surface area (Å²) in [5.74, 6) is 0. The maximum Gasteiger partial charge on any atom is 0.0547 e. The summed E-state index contributed by atoms with van der Waals surface area (Å²) in [4.78, 5) is 0. The second-order valence-corrected chi connectivity index (χ2v) is 22.8. The summed E-state index contributed by atoms with van der Waals surface area (Å²) in [6.45, 7) is 0. The molecule has 2 heteroatoms. The van der Waals surface area contributed by atoms with Gasteiger partial charge in [-0.2, -0.15) is 0 Å². The normalized spacial score (nSPS) is 12.6. The summed E-state index contributed by atoms with van der Waals surface area (Å²) in [6, 6.07) is 98.0. The molecular formula is C78H49NS. The van der Waals surface area contributed by atoms with Gasteiger partial charge < -0.3 is 4.57 Å². The highest BCUT2D eigenvalue weighted by atomic mass is 32.1. The number of hydrogen-bond donors (Lipinski definition) is 0. The van der Waals surface area contributed by atoms with Crippen molar-refractivity contribution < 1.29 is 0 Å². The van der Waals surface area contributed by atoms with Crippen molar-refractivity contribution in [3.05, 3.63) is 278 Å². The van der Waals surface area contributed by atoms with Gasteiger partial charge in [-0.1, -0.05) is 212 Å². The molecule has 2 aromatic heterocycles. The third kappa shape index (κ3) is 7.02. The van der Waals surface area contributed by atoms with E-state index in [0.717, 1.165) is 18.5 Å². The van der Waals surface area contributed by atoms with Gasteiger partial charge in [-0.05, 0) is 194 Å². The van der Waals surface area contributed by atoms with Gasteiger partial charge in [0.1, 0.15) is 0 Å². The number of rotatable bonds is 6. The fraction of sp³-hybridized carbons (Fsp3) is 0.0256. The minimum atomic E-state index is 1.08. The van der Waals surface area contributed by atoms with Gasteiger partial charge in [-0.15, -0.1) is 11.3 Å². The number of para-hydroxylation sites is 1. The van der Waals surface area contributed by atoms with Crippen LogP contribution in [0.15, 0.2) is 267 Å². The van der Waals surface area contributed by atoms with Crippen LogP contribution in [0.2, 0.25) is 0 Å². The Balaban J connectivity index is 0.763. The Morgan fingerprint density at radius 3 is 1.45 bits per heavy atom. The van der Waals surface area contributed by atoms with Gasteiger partial charge >= 0.3 is 0 Å². The smallest absolute Gasteiger partial charge is 0.0547 e. The SMILES string of the molecule is C1=Cc2c(c3ccccc3c3ccc(-c4cccc(-n5c6ccccc6c6ccc(-c7cccc(-c8ccc9c%10ccccc%10c%10ccc(-c%11cccc(-c%12cccc%13c%12sc%12ccccc%12%13)c%11)cc%10c9c8)c7)cc65)c4)cc23)CC1. The molecule has 0 spiro atoms. The number of allylic oxidation sites excluding steroid dienone is 1. The van der Waals surface area contributed by atoms with Crippen LogP contribution in [0.25, 0.3) is 163 Å². The minimum Gasteiger partial charge on any atom is -0.309 e. The second kappa shape index (κ2) is 17.8. The van der Waals surface area contributed by atoms with Crippen LogP contribution < -0.4 is 0 Å². The lowest BCUT2D eigenvalue weighted by Crippen LogP contribution is -1.98. The van der Waals surface area contributed by atoms with Crippen molar-refractivity contribution in [1.29, 1.82) is 0 Å². The molecule has 16 aromatic rings. The molecule has 1 aliphatic carbocycles. The summed E-state index contributed by atoms with van der Waals surface area (Å²) < 4.78 is 5.13. The van der Waals surface area contributed by atoms with Crippen LogP contribution in [0.1, 0.15) is 17.5 Å². The van der Waals surface area contributed by atoms with Gasteiger partial charge in [0.05, 0.1) is 11.0 Å². The predicted octanol–water partition coefficient (Wildman–Crippen LogP) is 22.2. The standard InChI is InChI=1S/C78H49NS/c1-2-23-61-59(21-1)60-22-5-6-26-64(60)72-44-54(35-37-65(61)72)51-18-13-20-57(43-51)79-75-31-9-7-27-68(75)69-40-36-55(47-76(69)79)49-16-11-15-48(41-49)52-33-38-66-62-24-3-4-25-63(62)67-39-34-53(46-74(67)73(66)45-52)50-17-12-19-56(42-50)58-29-14-30-71-70-28-8-10-32-77(70)80-78(58)71/h1-4,6-21,23-47H,5,22H2. The molecule has 0 saturated heterocycles. The fourth-order valence-electron chi connectivity index (χ4n) is 13.6. The molecule has 0 aliphatic heterocycles. The van der Waals surface area contributed by atoms with Gasteiger partial charge in [-0.3, -0.25) is 0 Å². The molecule has 1 aliphatic rings. The lowest BCUT2D eigenvalue weighted by Gasteiger charge is -2.19. The van der Waals surface area contributed by atoms with Crippen LogP contribution in [0.3, 0.4) is 0 Å². The zero-order valence-corrected chi connectivity index (χ0v) is 44.6. The topological polar surface area (TPSA) is 4.93 Å². The van der Waals surface area contributed by atoms with Crippen LogP contribution in [0.5, 0.6) is 0 Å². The van der Waals surface area contributed by atoms with Crippen LogP contribution in [0.4, 0.5) is 0 Å². The first-order valence-corrected chi connectivity index (χ1v) is 28.7. The van der Waals surface area contributed by atoms with Crippen molar-refractivity contribution in [2.75, 3.05) is 0 Å². The maximum absolute atomic E-state index is 2.47. The predicted molar refractivity (Wildman–Crippen MR) is 346 cm³/mol. The van der Waals surface area contributed by atoms with Gasteiger partial charge in [0, 0.05) is 36.6 Å². The van der Waals surface area contributed by atoms with E-state index in [1.807, 2.05) is 11.3 Å². The Morgan fingerprint density at radius 2 is 0.750 bits per heavy atom. The largest absolute Gasteiger partial charge is 0.309 e. The third-order valence-electron chi connectivity index (χ3n) is 17.4. The summed E-state index contributed by atoms with van der Waals surface area (Å²) in [5, 5.41) is 18.1. The molecule has 0 unspecified atom stereocenters. The number of nitrogens with zero attached hydrogens (tertiary/aromatic N) is 1. The first-order chi connectivity index (χ1) is 39.6. The monoisotopic (exact) mass is 1030 g/mol. The molecule has 0 atom stereocenters. The van der Waals surface area contributed by atoms with Crippen molar-refractivity contribution in [2.45, 2.75) is 12.8 Å². The Hall–Kier alpha value is -9.86.